The van der Waals surface area contributed by atoms with Crippen LogP contribution in [0.4, 0.5) is 5.69 Å². The molecular weight excluding hydrogens is 371 g/mol. The maximum Gasteiger partial charge on any atom is 0.149 e. The van der Waals surface area contributed by atoms with Gasteiger partial charge in [-0.1, -0.05) is 42.3 Å². The fourth-order valence-electron chi connectivity index (χ4n) is 3.31. The van der Waals surface area contributed by atoms with Gasteiger partial charge in [0.15, 0.2) is 0 Å². The molecule has 6 heteroatoms. The average molecular weight is 393 g/mol. The molecule has 1 aliphatic rings. The van der Waals surface area contributed by atoms with Crippen LogP contribution < -0.4 is 9.64 Å². The van der Waals surface area contributed by atoms with E-state index < -0.39 is 0 Å². The zero-order valence-electron chi connectivity index (χ0n) is 14.9. The van der Waals surface area contributed by atoms with Crippen molar-refractivity contribution in [3.05, 3.63) is 52.3 Å². The van der Waals surface area contributed by atoms with E-state index in [-0.39, 0.29) is 17.8 Å². The van der Waals surface area contributed by atoms with Crippen molar-refractivity contribution in [3.63, 3.8) is 0 Å². The van der Waals surface area contributed by atoms with E-state index in [4.69, 9.17) is 27.9 Å². The molecule has 3 rings (SSSR count). The number of Topliss-reactive ketones (excluding diaryl/α,β-unsaturated/α-hetero) is 1. The van der Waals surface area contributed by atoms with Gasteiger partial charge >= 0.3 is 0 Å². The molecule has 2 aromatic rings. The number of rotatable bonds is 6. The second-order valence-electron chi connectivity index (χ2n) is 6.79. The Labute approximate surface area is 164 Å². The van der Waals surface area contributed by atoms with Crippen molar-refractivity contribution in [3.8, 4) is 5.75 Å². The lowest BCUT2D eigenvalue weighted by atomic mass is 9.96. The van der Waals surface area contributed by atoms with Crippen LogP contribution in [0.2, 0.25) is 10.2 Å². The van der Waals surface area contributed by atoms with Crippen LogP contribution in [0.5, 0.6) is 5.75 Å². The molecule has 1 aromatic carbocycles. The number of ether oxygens (including phenoxy) is 1. The van der Waals surface area contributed by atoms with Crippen LogP contribution in [0.3, 0.4) is 0 Å². The molecule has 1 aliphatic heterocycles. The van der Waals surface area contributed by atoms with Crippen molar-refractivity contribution in [2.24, 2.45) is 0 Å². The molecule has 0 bridgehead atoms. The van der Waals surface area contributed by atoms with Gasteiger partial charge in [0.1, 0.15) is 27.8 Å². The monoisotopic (exact) mass is 392 g/mol. The van der Waals surface area contributed by atoms with Crippen molar-refractivity contribution in [1.29, 1.82) is 0 Å². The summed E-state index contributed by atoms with van der Waals surface area (Å²) in [7, 11) is 0. The Kier molecular flexibility index (Phi) is 6.05. The first kappa shape index (κ1) is 19.0. The van der Waals surface area contributed by atoms with Gasteiger partial charge in [0.05, 0.1) is 12.2 Å². The van der Waals surface area contributed by atoms with E-state index in [1.54, 1.807) is 13.1 Å². The maximum absolute atomic E-state index is 11.3. The van der Waals surface area contributed by atoms with Gasteiger partial charge in [0.2, 0.25) is 0 Å². The first-order chi connectivity index (χ1) is 12.4. The molecule has 0 amide bonds. The molecule has 0 radical (unpaired) electrons. The number of benzene rings is 1. The highest BCUT2D eigenvalue weighted by Crippen LogP contribution is 2.33. The molecule has 0 unspecified atom stereocenters. The van der Waals surface area contributed by atoms with E-state index in [0.717, 1.165) is 36.5 Å². The number of hydrogen-bond acceptors (Lipinski definition) is 4. The van der Waals surface area contributed by atoms with Gasteiger partial charge in [-0.15, -0.1) is 0 Å². The predicted octanol–water partition coefficient (Wildman–Crippen LogP) is 5.13. The van der Waals surface area contributed by atoms with Crippen molar-refractivity contribution in [1.82, 2.24) is 4.98 Å². The van der Waals surface area contributed by atoms with E-state index in [1.165, 1.54) is 0 Å². The lowest BCUT2D eigenvalue weighted by molar-refractivity contribution is -0.117. The van der Waals surface area contributed by atoms with Gasteiger partial charge in [-0.3, -0.25) is 0 Å². The summed E-state index contributed by atoms with van der Waals surface area (Å²) in [6.07, 6.45) is 3.24. The molecule has 1 saturated heterocycles. The van der Waals surface area contributed by atoms with Crippen LogP contribution in [0.25, 0.3) is 0 Å². The SMILES string of the molecule is CC(=O)C[C@@H](C)c1ccc(O[C@@H]2CCN(c3ccnc(Cl)c3Cl)C2)cc1. The number of carbonyl (C=O) groups is 1. The highest BCUT2D eigenvalue weighted by atomic mass is 35.5. The van der Waals surface area contributed by atoms with Crippen molar-refractivity contribution >= 4 is 34.7 Å². The Bertz CT molecular complexity index is 780. The van der Waals surface area contributed by atoms with E-state index >= 15 is 0 Å². The molecule has 2 heterocycles. The third-order valence-electron chi connectivity index (χ3n) is 4.66. The second kappa shape index (κ2) is 8.28. The summed E-state index contributed by atoms with van der Waals surface area (Å²) in [5.41, 5.74) is 2.05. The lowest BCUT2D eigenvalue weighted by Gasteiger charge is -2.20. The summed E-state index contributed by atoms with van der Waals surface area (Å²) < 4.78 is 6.11. The van der Waals surface area contributed by atoms with Crippen LogP contribution >= 0.6 is 23.2 Å². The van der Waals surface area contributed by atoms with E-state index in [1.807, 2.05) is 30.3 Å². The molecule has 0 spiro atoms. The Balaban J connectivity index is 1.60. The third-order valence-corrected chi connectivity index (χ3v) is 5.41. The zero-order chi connectivity index (χ0) is 18.7. The highest BCUT2D eigenvalue weighted by Gasteiger charge is 2.26. The fraction of sp³-hybridized carbons (Fsp3) is 0.400. The number of ketones is 1. The Morgan fingerprint density at radius 3 is 2.73 bits per heavy atom. The van der Waals surface area contributed by atoms with Gasteiger partial charge in [-0.25, -0.2) is 4.98 Å². The van der Waals surface area contributed by atoms with E-state index in [9.17, 15) is 4.79 Å². The quantitative estimate of drug-likeness (QED) is 0.639. The maximum atomic E-state index is 11.3. The fourth-order valence-corrected chi connectivity index (χ4v) is 3.70. The average Bonchev–Trinajstić information content (AvgIpc) is 3.05. The topological polar surface area (TPSA) is 42.4 Å². The molecule has 2 atom stereocenters. The molecule has 0 N–H and O–H groups in total. The molecule has 138 valence electrons. The van der Waals surface area contributed by atoms with Gasteiger partial charge in [0, 0.05) is 25.6 Å². The summed E-state index contributed by atoms with van der Waals surface area (Å²) in [6.45, 7) is 5.30. The number of halogens is 2. The summed E-state index contributed by atoms with van der Waals surface area (Å²) in [5, 5.41) is 0.808. The summed E-state index contributed by atoms with van der Waals surface area (Å²) in [5.74, 6) is 1.27. The van der Waals surface area contributed by atoms with E-state index in [0.29, 0.717) is 16.6 Å². The largest absolute Gasteiger partial charge is 0.489 e. The van der Waals surface area contributed by atoms with Crippen LogP contribution in [0.15, 0.2) is 36.5 Å². The van der Waals surface area contributed by atoms with Crippen LogP contribution in [0.1, 0.15) is 38.2 Å². The summed E-state index contributed by atoms with van der Waals surface area (Å²) >= 11 is 12.3. The molecular formula is C20H22Cl2N2O2. The molecule has 0 aliphatic carbocycles. The van der Waals surface area contributed by atoms with Gasteiger partial charge < -0.3 is 14.4 Å². The third kappa shape index (κ3) is 4.49. The molecule has 1 fully saturated rings. The number of anilines is 1. The lowest BCUT2D eigenvalue weighted by Crippen LogP contribution is -2.24. The first-order valence-corrected chi connectivity index (χ1v) is 9.50. The molecule has 4 nitrogen and oxygen atoms in total. The number of nitrogens with zero attached hydrogens (tertiary/aromatic N) is 2. The minimum atomic E-state index is 0.0958. The van der Waals surface area contributed by atoms with Gasteiger partial charge in [-0.05, 0) is 36.6 Å². The van der Waals surface area contributed by atoms with Crippen LogP contribution in [-0.2, 0) is 4.79 Å². The van der Waals surface area contributed by atoms with E-state index in [2.05, 4.69) is 16.8 Å². The second-order valence-corrected chi connectivity index (χ2v) is 7.52. The number of aromatic nitrogens is 1. The molecule has 0 saturated carbocycles. The summed E-state index contributed by atoms with van der Waals surface area (Å²) in [4.78, 5) is 17.4. The molecule has 26 heavy (non-hydrogen) atoms. The highest BCUT2D eigenvalue weighted by molar-refractivity contribution is 6.42. The minimum Gasteiger partial charge on any atom is -0.489 e. The number of carbonyl (C=O) groups excluding carboxylic acids is 1. The van der Waals surface area contributed by atoms with Crippen molar-refractivity contribution in [2.75, 3.05) is 18.0 Å². The van der Waals surface area contributed by atoms with Crippen molar-refractivity contribution in [2.45, 2.75) is 38.7 Å². The molecule has 1 aromatic heterocycles. The Hall–Kier alpha value is -1.78. The summed E-state index contributed by atoms with van der Waals surface area (Å²) in [6, 6.07) is 9.90. The number of hydrogen-bond donors (Lipinski definition) is 0. The minimum absolute atomic E-state index is 0.0958. The normalized spacial score (nSPS) is 18.0. The number of pyridine rings is 1. The predicted molar refractivity (Wildman–Crippen MR) is 106 cm³/mol. The zero-order valence-corrected chi connectivity index (χ0v) is 16.4. The van der Waals surface area contributed by atoms with Gasteiger partial charge in [-0.2, -0.15) is 0 Å². The van der Waals surface area contributed by atoms with Crippen LogP contribution in [-0.4, -0.2) is 30.0 Å². The van der Waals surface area contributed by atoms with Crippen LogP contribution in [0, 0.1) is 0 Å². The van der Waals surface area contributed by atoms with Crippen molar-refractivity contribution < 1.29 is 9.53 Å². The smallest absolute Gasteiger partial charge is 0.149 e. The Morgan fingerprint density at radius 2 is 2.04 bits per heavy atom. The van der Waals surface area contributed by atoms with Gasteiger partial charge in [0.25, 0.3) is 0 Å². The standard InChI is InChI=1S/C20H22Cl2N2O2/c1-13(11-14(2)25)15-3-5-16(6-4-15)26-17-8-10-24(12-17)18-7-9-23-20(22)19(18)21/h3-7,9,13,17H,8,10-12H2,1-2H3/t13-,17-/m1/s1. The first-order valence-electron chi connectivity index (χ1n) is 8.75. The Morgan fingerprint density at radius 1 is 1.31 bits per heavy atom.